The molecule has 0 fully saturated rings. The van der Waals surface area contributed by atoms with Gasteiger partial charge >= 0.3 is 0 Å². The third-order valence-electron chi connectivity index (χ3n) is 3.03. The Labute approximate surface area is 127 Å². The molecule has 4 heteroatoms. The Morgan fingerprint density at radius 2 is 1.89 bits per heavy atom. The fourth-order valence-electron chi connectivity index (χ4n) is 1.97. The number of nitrogens with zero attached hydrogens (tertiary/aromatic N) is 2. The van der Waals surface area contributed by atoms with Crippen molar-refractivity contribution in [2.24, 2.45) is 0 Å². The van der Waals surface area contributed by atoms with Gasteiger partial charge in [0.25, 0.3) is 0 Å². The minimum Gasteiger partial charge on any atom is -0.142 e. The summed E-state index contributed by atoms with van der Waals surface area (Å²) in [6.45, 7) is 8.83. The van der Waals surface area contributed by atoms with Gasteiger partial charge in [-0.25, -0.2) is 0 Å². The first-order valence-corrected chi connectivity index (χ1v) is 8.24. The third-order valence-corrected chi connectivity index (χ3v) is 5.49. The topological polar surface area (TPSA) is 25.8 Å². The summed E-state index contributed by atoms with van der Waals surface area (Å²) in [5.41, 5.74) is 2.64. The maximum Gasteiger partial charge on any atom is 0.148 e. The molecule has 0 aliphatic carbocycles. The molecule has 0 N–H and O–H groups in total. The lowest BCUT2D eigenvalue weighted by molar-refractivity contribution is 0.592. The molecule has 0 spiro atoms. The SMILES string of the molecule is CCC(Br)c1nnc(-c2ccccc2C(C)(C)C)s1. The van der Waals surface area contributed by atoms with E-state index in [2.05, 4.69) is 78.1 Å². The highest BCUT2D eigenvalue weighted by atomic mass is 79.9. The van der Waals surface area contributed by atoms with Crippen LogP contribution in [0.1, 0.15) is 49.5 Å². The van der Waals surface area contributed by atoms with E-state index in [1.54, 1.807) is 11.3 Å². The van der Waals surface area contributed by atoms with Crippen molar-refractivity contribution in [1.82, 2.24) is 10.2 Å². The molecule has 2 rings (SSSR count). The van der Waals surface area contributed by atoms with Crippen LogP contribution in [0.25, 0.3) is 10.6 Å². The van der Waals surface area contributed by atoms with Crippen LogP contribution in [0.15, 0.2) is 24.3 Å². The Morgan fingerprint density at radius 1 is 1.21 bits per heavy atom. The second-order valence-corrected chi connectivity index (χ2v) is 7.73. The first-order chi connectivity index (χ1) is 8.93. The molecule has 1 aromatic heterocycles. The first-order valence-electron chi connectivity index (χ1n) is 6.51. The van der Waals surface area contributed by atoms with Gasteiger partial charge in [-0.2, -0.15) is 0 Å². The van der Waals surface area contributed by atoms with E-state index in [-0.39, 0.29) is 5.41 Å². The Morgan fingerprint density at radius 3 is 2.53 bits per heavy atom. The van der Waals surface area contributed by atoms with Crippen molar-refractivity contribution < 1.29 is 0 Å². The normalized spacial score (nSPS) is 13.5. The van der Waals surface area contributed by atoms with Crippen LogP contribution in [0.3, 0.4) is 0 Å². The van der Waals surface area contributed by atoms with E-state index in [9.17, 15) is 0 Å². The number of halogens is 1. The average molecular weight is 339 g/mol. The number of alkyl halides is 1. The molecule has 1 aromatic carbocycles. The lowest BCUT2D eigenvalue weighted by Crippen LogP contribution is -2.12. The van der Waals surface area contributed by atoms with Gasteiger partial charge in [-0.3, -0.25) is 0 Å². The van der Waals surface area contributed by atoms with Crippen LogP contribution < -0.4 is 0 Å². The van der Waals surface area contributed by atoms with E-state index in [1.807, 2.05) is 0 Å². The molecule has 19 heavy (non-hydrogen) atoms. The zero-order valence-corrected chi connectivity index (χ0v) is 14.2. The minimum absolute atomic E-state index is 0.112. The summed E-state index contributed by atoms with van der Waals surface area (Å²) >= 11 is 5.32. The molecule has 1 unspecified atom stereocenters. The lowest BCUT2D eigenvalue weighted by Gasteiger charge is -2.21. The van der Waals surface area contributed by atoms with E-state index in [1.165, 1.54) is 11.1 Å². The average Bonchev–Trinajstić information content (AvgIpc) is 2.86. The van der Waals surface area contributed by atoms with Crippen LogP contribution in [0.5, 0.6) is 0 Å². The Kier molecular flexibility index (Phi) is 4.41. The molecule has 2 nitrogen and oxygen atoms in total. The molecule has 1 atom stereocenters. The maximum atomic E-state index is 4.37. The summed E-state index contributed by atoms with van der Waals surface area (Å²) in [5, 5.41) is 10.7. The highest BCUT2D eigenvalue weighted by Gasteiger charge is 2.21. The summed E-state index contributed by atoms with van der Waals surface area (Å²) in [6, 6.07) is 8.48. The van der Waals surface area contributed by atoms with Crippen molar-refractivity contribution in [2.45, 2.75) is 44.4 Å². The van der Waals surface area contributed by atoms with E-state index in [0.717, 1.165) is 16.4 Å². The first kappa shape index (κ1) is 14.7. The third kappa shape index (κ3) is 3.23. The Balaban J connectivity index is 2.45. The van der Waals surface area contributed by atoms with Crippen molar-refractivity contribution >= 4 is 27.3 Å². The number of hydrogen-bond donors (Lipinski definition) is 0. The summed E-state index contributed by atoms with van der Waals surface area (Å²) in [5.74, 6) is 0. The summed E-state index contributed by atoms with van der Waals surface area (Å²) in [6.07, 6.45) is 1.02. The molecule has 0 radical (unpaired) electrons. The monoisotopic (exact) mass is 338 g/mol. The van der Waals surface area contributed by atoms with Crippen LogP contribution in [-0.2, 0) is 5.41 Å². The van der Waals surface area contributed by atoms with E-state index in [0.29, 0.717) is 4.83 Å². The fraction of sp³-hybridized carbons (Fsp3) is 0.467. The van der Waals surface area contributed by atoms with Gasteiger partial charge in [0.05, 0.1) is 4.83 Å². The van der Waals surface area contributed by atoms with Gasteiger partial charge in [-0.15, -0.1) is 10.2 Å². The summed E-state index contributed by atoms with van der Waals surface area (Å²) in [4.78, 5) is 0.306. The predicted octanol–water partition coefficient (Wildman–Crippen LogP) is 5.35. The number of rotatable bonds is 3. The molecule has 0 aliphatic rings. The molecule has 0 bridgehead atoms. The van der Waals surface area contributed by atoms with Crippen molar-refractivity contribution in [2.75, 3.05) is 0 Å². The van der Waals surface area contributed by atoms with Crippen molar-refractivity contribution in [3.8, 4) is 10.6 Å². The second kappa shape index (κ2) is 5.71. The minimum atomic E-state index is 0.112. The molecule has 0 saturated carbocycles. The zero-order chi connectivity index (χ0) is 14.0. The van der Waals surface area contributed by atoms with Crippen LogP contribution in [0.2, 0.25) is 0 Å². The lowest BCUT2D eigenvalue weighted by atomic mass is 9.84. The van der Waals surface area contributed by atoms with Crippen LogP contribution in [0.4, 0.5) is 0 Å². The molecular formula is C15H19BrN2S. The molecule has 1 heterocycles. The van der Waals surface area contributed by atoms with Crippen LogP contribution in [0, 0.1) is 0 Å². The Hall–Kier alpha value is -0.740. The maximum absolute atomic E-state index is 4.37. The summed E-state index contributed by atoms with van der Waals surface area (Å²) in [7, 11) is 0. The number of benzene rings is 1. The van der Waals surface area contributed by atoms with Crippen LogP contribution in [-0.4, -0.2) is 10.2 Å². The molecular weight excluding hydrogens is 320 g/mol. The molecule has 102 valence electrons. The van der Waals surface area contributed by atoms with Gasteiger partial charge in [-0.05, 0) is 17.4 Å². The van der Waals surface area contributed by atoms with Crippen molar-refractivity contribution in [3.63, 3.8) is 0 Å². The van der Waals surface area contributed by atoms with Crippen molar-refractivity contribution in [1.29, 1.82) is 0 Å². The second-order valence-electron chi connectivity index (χ2n) is 5.62. The van der Waals surface area contributed by atoms with Gasteiger partial charge in [0.1, 0.15) is 10.0 Å². The van der Waals surface area contributed by atoms with Gasteiger partial charge < -0.3 is 0 Å². The molecule has 0 amide bonds. The number of aromatic nitrogens is 2. The largest absolute Gasteiger partial charge is 0.148 e. The quantitative estimate of drug-likeness (QED) is 0.705. The fourth-order valence-corrected chi connectivity index (χ4v) is 3.28. The van der Waals surface area contributed by atoms with Crippen molar-refractivity contribution in [3.05, 3.63) is 34.8 Å². The Bertz CT molecular complexity index is 557. The van der Waals surface area contributed by atoms with Gasteiger partial charge in [-0.1, -0.05) is 79.2 Å². The predicted molar refractivity (Wildman–Crippen MR) is 86.0 cm³/mol. The summed E-state index contributed by atoms with van der Waals surface area (Å²) < 4.78 is 0. The van der Waals surface area contributed by atoms with E-state index < -0.39 is 0 Å². The highest BCUT2D eigenvalue weighted by molar-refractivity contribution is 9.09. The van der Waals surface area contributed by atoms with Crippen LogP contribution >= 0.6 is 27.3 Å². The number of hydrogen-bond acceptors (Lipinski definition) is 3. The zero-order valence-electron chi connectivity index (χ0n) is 11.8. The highest BCUT2D eigenvalue weighted by Crippen LogP contribution is 2.37. The molecule has 2 aromatic rings. The van der Waals surface area contributed by atoms with Gasteiger partial charge in [0, 0.05) is 5.56 Å². The standard InChI is InChI=1S/C15H19BrN2S/c1-5-12(16)14-18-17-13(19-14)10-8-6-7-9-11(10)15(2,3)4/h6-9,12H,5H2,1-4H3. The van der Waals surface area contributed by atoms with E-state index in [4.69, 9.17) is 0 Å². The van der Waals surface area contributed by atoms with Gasteiger partial charge in [0.2, 0.25) is 0 Å². The van der Waals surface area contributed by atoms with Gasteiger partial charge in [0.15, 0.2) is 0 Å². The molecule has 0 saturated heterocycles. The van der Waals surface area contributed by atoms with E-state index >= 15 is 0 Å². The molecule has 0 aliphatic heterocycles. The smallest absolute Gasteiger partial charge is 0.142 e.